The lowest BCUT2D eigenvalue weighted by atomic mass is 10.2. The number of hydrogen-bond donors (Lipinski definition) is 3. The molecule has 19 heavy (non-hydrogen) atoms. The molecule has 1 heterocycles. The zero-order valence-electron chi connectivity index (χ0n) is 12.0. The summed E-state index contributed by atoms with van der Waals surface area (Å²) in [5, 5.41) is 9.98. The van der Waals surface area contributed by atoms with Crippen molar-refractivity contribution in [1.29, 1.82) is 0 Å². The van der Waals surface area contributed by atoms with E-state index in [2.05, 4.69) is 20.9 Å². The lowest BCUT2D eigenvalue weighted by Gasteiger charge is -2.14. The third-order valence-electron chi connectivity index (χ3n) is 2.82. The van der Waals surface area contributed by atoms with Gasteiger partial charge in [0.25, 0.3) is 0 Å². The molecule has 0 aromatic heterocycles. The SMILES string of the molecule is CCCNC(=O)CN=C(NCC)NCC1CCCS1. The highest BCUT2D eigenvalue weighted by molar-refractivity contribution is 8.00. The van der Waals surface area contributed by atoms with E-state index < -0.39 is 0 Å². The van der Waals surface area contributed by atoms with Crippen molar-refractivity contribution < 1.29 is 4.79 Å². The van der Waals surface area contributed by atoms with E-state index in [4.69, 9.17) is 0 Å². The van der Waals surface area contributed by atoms with Gasteiger partial charge in [0.05, 0.1) is 0 Å². The molecular formula is C13H26N4OS. The van der Waals surface area contributed by atoms with Crippen molar-refractivity contribution >= 4 is 23.6 Å². The lowest BCUT2D eigenvalue weighted by Crippen LogP contribution is -2.41. The van der Waals surface area contributed by atoms with Crippen molar-refractivity contribution in [3.05, 3.63) is 0 Å². The Morgan fingerprint density at radius 3 is 2.79 bits per heavy atom. The third-order valence-corrected chi connectivity index (χ3v) is 4.22. The highest BCUT2D eigenvalue weighted by Crippen LogP contribution is 2.25. The summed E-state index contributed by atoms with van der Waals surface area (Å²) in [4.78, 5) is 15.8. The molecule has 0 spiro atoms. The van der Waals surface area contributed by atoms with Crippen LogP contribution in [0.2, 0.25) is 0 Å². The van der Waals surface area contributed by atoms with Crippen LogP contribution in [0.5, 0.6) is 0 Å². The molecule has 3 N–H and O–H groups in total. The van der Waals surface area contributed by atoms with Gasteiger partial charge in [-0.05, 0) is 31.9 Å². The van der Waals surface area contributed by atoms with Gasteiger partial charge in [-0.25, -0.2) is 4.99 Å². The quantitative estimate of drug-likeness (QED) is 0.482. The van der Waals surface area contributed by atoms with E-state index in [-0.39, 0.29) is 12.5 Å². The number of thioether (sulfide) groups is 1. The summed E-state index contributed by atoms with van der Waals surface area (Å²) in [6.45, 7) is 6.70. The van der Waals surface area contributed by atoms with Crippen molar-refractivity contribution in [1.82, 2.24) is 16.0 Å². The van der Waals surface area contributed by atoms with Gasteiger partial charge >= 0.3 is 0 Å². The highest BCUT2D eigenvalue weighted by Gasteiger charge is 2.15. The normalized spacial score (nSPS) is 19.3. The topological polar surface area (TPSA) is 65.5 Å². The van der Waals surface area contributed by atoms with Gasteiger partial charge in [0, 0.05) is 24.9 Å². The molecule has 1 unspecified atom stereocenters. The number of rotatable bonds is 7. The average molecular weight is 286 g/mol. The first kappa shape index (κ1) is 16.1. The third kappa shape index (κ3) is 7.30. The van der Waals surface area contributed by atoms with Gasteiger partial charge in [-0.15, -0.1) is 0 Å². The molecule has 0 saturated carbocycles. The van der Waals surface area contributed by atoms with Crippen LogP contribution in [-0.2, 0) is 4.79 Å². The zero-order valence-corrected chi connectivity index (χ0v) is 12.8. The standard InChI is InChI=1S/C13H26N4OS/c1-3-7-15-12(18)10-17-13(14-4-2)16-9-11-6-5-8-19-11/h11H,3-10H2,1-2H3,(H,15,18)(H2,14,16,17). The number of hydrogen-bond acceptors (Lipinski definition) is 3. The monoisotopic (exact) mass is 286 g/mol. The molecule has 6 heteroatoms. The van der Waals surface area contributed by atoms with Crippen LogP contribution < -0.4 is 16.0 Å². The predicted octanol–water partition coefficient (Wildman–Crippen LogP) is 0.963. The molecule has 0 aliphatic carbocycles. The second-order valence-corrected chi connectivity index (χ2v) is 5.97. The Morgan fingerprint density at radius 2 is 2.16 bits per heavy atom. The van der Waals surface area contributed by atoms with Crippen LogP contribution in [0.4, 0.5) is 0 Å². The molecule has 0 radical (unpaired) electrons. The Labute approximate surface area is 120 Å². The molecule has 0 aromatic rings. The first-order chi connectivity index (χ1) is 9.26. The molecular weight excluding hydrogens is 260 g/mol. The van der Waals surface area contributed by atoms with E-state index in [0.717, 1.165) is 32.0 Å². The Balaban J connectivity index is 2.30. The number of nitrogens with one attached hydrogen (secondary N) is 3. The van der Waals surface area contributed by atoms with E-state index in [9.17, 15) is 4.79 Å². The minimum absolute atomic E-state index is 0.0192. The first-order valence-electron chi connectivity index (χ1n) is 7.16. The van der Waals surface area contributed by atoms with E-state index in [0.29, 0.717) is 5.25 Å². The average Bonchev–Trinajstić information content (AvgIpc) is 2.92. The summed E-state index contributed by atoms with van der Waals surface area (Å²) in [6, 6.07) is 0. The fraction of sp³-hybridized carbons (Fsp3) is 0.846. The van der Waals surface area contributed by atoms with Gasteiger partial charge in [0.1, 0.15) is 6.54 Å². The molecule has 110 valence electrons. The van der Waals surface area contributed by atoms with Crippen LogP contribution >= 0.6 is 11.8 Å². The summed E-state index contributed by atoms with van der Waals surface area (Å²) < 4.78 is 0. The Hall–Kier alpha value is -0.910. The Bertz CT molecular complexity index is 290. The molecule has 1 amide bonds. The second-order valence-electron chi connectivity index (χ2n) is 4.56. The van der Waals surface area contributed by atoms with Crippen LogP contribution in [-0.4, -0.2) is 49.0 Å². The van der Waals surface area contributed by atoms with Gasteiger partial charge in [0.2, 0.25) is 5.91 Å². The molecule has 0 bridgehead atoms. The van der Waals surface area contributed by atoms with Gasteiger partial charge in [-0.2, -0.15) is 11.8 Å². The number of aliphatic imine (C=N–C) groups is 1. The zero-order chi connectivity index (χ0) is 13.9. The summed E-state index contributed by atoms with van der Waals surface area (Å²) in [6.07, 6.45) is 3.53. The second kappa shape index (κ2) is 9.95. The van der Waals surface area contributed by atoms with Crippen LogP contribution in [0.1, 0.15) is 33.1 Å². The highest BCUT2D eigenvalue weighted by atomic mass is 32.2. The number of carbonyl (C=O) groups excluding carboxylic acids is 1. The lowest BCUT2D eigenvalue weighted by molar-refractivity contribution is -0.119. The van der Waals surface area contributed by atoms with Gasteiger partial charge < -0.3 is 16.0 Å². The van der Waals surface area contributed by atoms with Crippen LogP contribution in [0, 0.1) is 0 Å². The number of amides is 1. The fourth-order valence-corrected chi connectivity index (χ4v) is 3.03. The van der Waals surface area contributed by atoms with Gasteiger partial charge in [-0.3, -0.25) is 4.79 Å². The molecule has 1 saturated heterocycles. The minimum atomic E-state index is -0.0192. The van der Waals surface area contributed by atoms with E-state index in [1.165, 1.54) is 18.6 Å². The molecule has 1 rings (SSSR count). The summed E-state index contributed by atoms with van der Waals surface area (Å²) >= 11 is 2.01. The molecule has 1 atom stereocenters. The molecule has 0 aromatic carbocycles. The number of carbonyl (C=O) groups is 1. The summed E-state index contributed by atoms with van der Waals surface area (Å²) in [5.41, 5.74) is 0. The maximum Gasteiger partial charge on any atom is 0.241 e. The number of guanidine groups is 1. The van der Waals surface area contributed by atoms with E-state index >= 15 is 0 Å². The minimum Gasteiger partial charge on any atom is -0.357 e. The van der Waals surface area contributed by atoms with Crippen LogP contribution in [0.15, 0.2) is 4.99 Å². The summed E-state index contributed by atoms with van der Waals surface area (Å²) in [5.74, 6) is 1.98. The molecule has 1 fully saturated rings. The van der Waals surface area contributed by atoms with Crippen LogP contribution in [0.3, 0.4) is 0 Å². The van der Waals surface area contributed by atoms with Crippen LogP contribution in [0.25, 0.3) is 0 Å². The fourth-order valence-electron chi connectivity index (χ4n) is 1.83. The largest absolute Gasteiger partial charge is 0.357 e. The smallest absolute Gasteiger partial charge is 0.241 e. The van der Waals surface area contributed by atoms with Crippen molar-refractivity contribution in [3.63, 3.8) is 0 Å². The maximum atomic E-state index is 11.5. The van der Waals surface area contributed by atoms with Crippen molar-refractivity contribution in [2.45, 2.75) is 38.4 Å². The predicted molar refractivity (Wildman–Crippen MR) is 82.8 cm³/mol. The summed E-state index contributed by atoms with van der Waals surface area (Å²) in [7, 11) is 0. The molecule has 5 nitrogen and oxygen atoms in total. The van der Waals surface area contributed by atoms with Crippen molar-refractivity contribution in [3.8, 4) is 0 Å². The number of nitrogens with zero attached hydrogens (tertiary/aromatic N) is 1. The Kier molecular flexibility index (Phi) is 8.45. The van der Waals surface area contributed by atoms with E-state index in [1.54, 1.807) is 0 Å². The maximum absolute atomic E-state index is 11.5. The van der Waals surface area contributed by atoms with E-state index in [1.807, 2.05) is 25.6 Å². The molecule has 1 aliphatic heterocycles. The molecule has 1 aliphatic rings. The first-order valence-corrected chi connectivity index (χ1v) is 8.21. The Morgan fingerprint density at radius 1 is 1.32 bits per heavy atom. The van der Waals surface area contributed by atoms with Crippen molar-refractivity contribution in [2.75, 3.05) is 31.9 Å². The van der Waals surface area contributed by atoms with Crippen molar-refractivity contribution in [2.24, 2.45) is 4.99 Å². The van der Waals surface area contributed by atoms with Gasteiger partial charge in [0.15, 0.2) is 5.96 Å². The van der Waals surface area contributed by atoms with Gasteiger partial charge in [-0.1, -0.05) is 6.92 Å².